The van der Waals surface area contributed by atoms with E-state index in [4.69, 9.17) is 0 Å². The van der Waals surface area contributed by atoms with Crippen LogP contribution >= 0.6 is 0 Å². The van der Waals surface area contributed by atoms with E-state index in [0.29, 0.717) is 5.41 Å². The standard InChI is InChI=1S/C17H31NO/c1-13(2)14-3-5-15(6-4-14)18-11-17(12-18)9-7-16(19)8-10-17/h13-16,19H,3-12H2,1-2H3. The molecule has 0 aromatic carbocycles. The first kappa shape index (κ1) is 13.9. The predicted molar refractivity (Wildman–Crippen MR) is 79.1 cm³/mol. The van der Waals surface area contributed by atoms with Gasteiger partial charge in [-0.15, -0.1) is 0 Å². The minimum absolute atomic E-state index is 0.00107. The molecule has 110 valence electrons. The normalized spacial score (nSPS) is 36.6. The number of hydrogen-bond donors (Lipinski definition) is 1. The summed E-state index contributed by atoms with van der Waals surface area (Å²) >= 11 is 0. The Balaban J connectivity index is 1.44. The number of rotatable bonds is 2. The Kier molecular flexibility index (Phi) is 3.92. The van der Waals surface area contributed by atoms with Crippen LogP contribution in [-0.4, -0.2) is 35.2 Å². The Labute approximate surface area is 118 Å². The van der Waals surface area contributed by atoms with Crippen molar-refractivity contribution in [2.24, 2.45) is 17.3 Å². The smallest absolute Gasteiger partial charge is 0.0540 e. The Morgan fingerprint density at radius 3 is 2.05 bits per heavy atom. The molecule has 3 fully saturated rings. The molecule has 3 rings (SSSR count). The molecule has 0 atom stereocenters. The molecule has 0 aromatic heterocycles. The molecular formula is C17H31NO. The molecule has 2 aliphatic carbocycles. The van der Waals surface area contributed by atoms with E-state index in [-0.39, 0.29) is 6.10 Å². The molecular weight excluding hydrogens is 234 g/mol. The van der Waals surface area contributed by atoms with Crippen LogP contribution in [0.3, 0.4) is 0 Å². The van der Waals surface area contributed by atoms with E-state index in [2.05, 4.69) is 18.7 Å². The molecule has 2 saturated carbocycles. The van der Waals surface area contributed by atoms with E-state index in [1.54, 1.807) is 0 Å². The SMILES string of the molecule is CC(C)C1CCC(N2CC3(CCC(O)CC3)C2)CC1. The molecule has 0 aromatic rings. The fraction of sp³-hybridized carbons (Fsp3) is 1.00. The van der Waals surface area contributed by atoms with Gasteiger partial charge < -0.3 is 5.11 Å². The van der Waals surface area contributed by atoms with Gasteiger partial charge in [0.15, 0.2) is 0 Å². The number of hydrogen-bond acceptors (Lipinski definition) is 2. The number of aliphatic hydroxyl groups is 1. The van der Waals surface area contributed by atoms with Crippen LogP contribution in [-0.2, 0) is 0 Å². The summed E-state index contributed by atoms with van der Waals surface area (Å²) in [6, 6.07) is 0.882. The molecule has 1 aliphatic heterocycles. The lowest BCUT2D eigenvalue weighted by molar-refractivity contribution is -0.0836. The van der Waals surface area contributed by atoms with Crippen molar-refractivity contribution in [2.75, 3.05) is 13.1 Å². The molecule has 2 nitrogen and oxygen atoms in total. The Hall–Kier alpha value is -0.0800. The first-order chi connectivity index (χ1) is 9.08. The predicted octanol–water partition coefficient (Wildman–Crippen LogP) is 3.44. The molecule has 2 heteroatoms. The topological polar surface area (TPSA) is 23.5 Å². The third-order valence-electron chi connectivity index (χ3n) is 6.29. The zero-order valence-corrected chi connectivity index (χ0v) is 12.8. The van der Waals surface area contributed by atoms with Gasteiger partial charge in [0.05, 0.1) is 6.10 Å². The maximum absolute atomic E-state index is 9.64. The van der Waals surface area contributed by atoms with Crippen LogP contribution in [0.4, 0.5) is 0 Å². The van der Waals surface area contributed by atoms with E-state index < -0.39 is 0 Å². The Morgan fingerprint density at radius 2 is 1.53 bits per heavy atom. The van der Waals surface area contributed by atoms with Crippen LogP contribution in [0.2, 0.25) is 0 Å². The average Bonchev–Trinajstić information content (AvgIpc) is 2.37. The maximum Gasteiger partial charge on any atom is 0.0540 e. The van der Waals surface area contributed by atoms with Gasteiger partial charge in [0, 0.05) is 19.1 Å². The van der Waals surface area contributed by atoms with Crippen molar-refractivity contribution in [2.45, 2.75) is 77.4 Å². The fourth-order valence-corrected chi connectivity index (χ4v) is 4.74. The molecule has 0 bridgehead atoms. The molecule has 1 saturated heterocycles. The van der Waals surface area contributed by atoms with Gasteiger partial charge in [-0.25, -0.2) is 0 Å². The van der Waals surface area contributed by atoms with Crippen LogP contribution in [0.5, 0.6) is 0 Å². The lowest BCUT2D eigenvalue weighted by Crippen LogP contribution is -2.61. The summed E-state index contributed by atoms with van der Waals surface area (Å²) in [6.45, 7) is 7.43. The molecule has 1 spiro atoms. The first-order valence-corrected chi connectivity index (χ1v) is 8.50. The van der Waals surface area contributed by atoms with Crippen molar-refractivity contribution in [3.63, 3.8) is 0 Å². The molecule has 0 unspecified atom stereocenters. The van der Waals surface area contributed by atoms with Gasteiger partial charge in [0.1, 0.15) is 0 Å². The fourth-order valence-electron chi connectivity index (χ4n) is 4.74. The summed E-state index contributed by atoms with van der Waals surface area (Å²) in [4.78, 5) is 2.76. The van der Waals surface area contributed by atoms with Gasteiger partial charge in [0.25, 0.3) is 0 Å². The van der Waals surface area contributed by atoms with Gasteiger partial charge in [0.2, 0.25) is 0 Å². The van der Waals surface area contributed by atoms with Crippen molar-refractivity contribution in [3.05, 3.63) is 0 Å². The number of nitrogens with zero attached hydrogens (tertiary/aromatic N) is 1. The van der Waals surface area contributed by atoms with Crippen LogP contribution in [0.15, 0.2) is 0 Å². The lowest BCUT2D eigenvalue weighted by atomic mass is 9.66. The van der Waals surface area contributed by atoms with E-state index in [9.17, 15) is 5.11 Å². The maximum atomic E-state index is 9.64. The largest absolute Gasteiger partial charge is 0.393 e. The van der Waals surface area contributed by atoms with Crippen molar-refractivity contribution in [1.82, 2.24) is 4.90 Å². The van der Waals surface area contributed by atoms with Gasteiger partial charge in [-0.05, 0) is 68.6 Å². The minimum atomic E-state index is 0.00107. The monoisotopic (exact) mass is 265 g/mol. The number of aliphatic hydroxyl groups excluding tert-OH is 1. The van der Waals surface area contributed by atoms with Gasteiger partial charge in [-0.3, -0.25) is 4.90 Å². The van der Waals surface area contributed by atoms with Crippen LogP contribution in [0.25, 0.3) is 0 Å². The molecule has 0 amide bonds. The van der Waals surface area contributed by atoms with Crippen LogP contribution in [0.1, 0.15) is 65.2 Å². The quantitative estimate of drug-likeness (QED) is 0.827. The third-order valence-corrected chi connectivity index (χ3v) is 6.29. The Bertz CT molecular complexity index is 290. The van der Waals surface area contributed by atoms with Crippen molar-refractivity contribution in [3.8, 4) is 0 Å². The third kappa shape index (κ3) is 2.85. The van der Waals surface area contributed by atoms with E-state index in [0.717, 1.165) is 30.7 Å². The van der Waals surface area contributed by atoms with Crippen LogP contribution in [0, 0.1) is 17.3 Å². The summed E-state index contributed by atoms with van der Waals surface area (Å²) in [5.41, 5.74) is 0.605. The zero-order chi connectivity index (χ0) is 13.5. The van der Waals surface area contributed by atoms with Crippen molar-refractivity contribution in [1.29, 1.82) is 0 Å². The lowest BCUT2D eigenvalue weighted by Gasteiger charge is -2.57. The summed E-state index contributed by atoms with van der Waals surface area (Å²) in [5.74, 6) is 1.86. The van der Waals surface area contributed by atoms with Gasteiger partial charge in [-0.2, -0.15) is 0 Å². The first-order valence-electron chi connectivity index (χ1n) is 8.50. The van der Waals surface area contributed by atoms with Gasteiger partial charge >= 0.3 is 0 Å². The summed E-state index contributed by atoms with van der Waals surface area (Å²) in [7, 11) is 0. The second-order valence-electron chi connectivity index (χ2n) is 7.95. The van der Waals surface area contributed by atoms with Crippen molar-refractivity contribution < 1.29 is 5.11 Å². The number of likely N-dealkylation sites (tertiary alicyclic amines) is 1. The highest BCUT2D eigenvalue weighted by Crippen LogP contribution is 2.46. The Morgan fingerprint density at radius 1 is 0.947 bits per heavy atom. The second kappa shape index (κ2) is 5.37. The highest BCUT2D eigenvalue weighted by Gasteiger charge is 2.47. The molecule has 1 N–H and O–H groups in total. The van der Waals surface area contributed by atoms with Crippen LogP contribution < -0.4 is 0 Å². The van der Waals surface area contributed by atoms with E-state index in [1.807, 2.05) is 0 Å². The summed E-state index contributed by atoms with van der Waals surface area (Å²) in [6.07, 6.45) is 10.4. The molecule has 0 radical (unpaired) electrons. The van der Waals surface area contributed by atoms with E-state index >= 15 is 0 Å². The molecule has 19 heavy (non-hydrogen) atoms. The van der Waals surface area contributed by atoms with E-state index in [1.165, 1.54) is 51.6 Å². The highest BCUT2D eigenvalue weighted by molar-refractivity contribution is 5.00. The average molecular weight is 265 g/mol. The summed E-state index contributed by atoms with van der Waals surface area (Å²) in [5, 5.41) is 9.64. The van der Waals surface area contributed by atoms with Gasteiger partial charge in [-0.1, -0.05) is 13.8 Å². The highest BCUT2D eigenvalue weighted by atomic mass is 16.3. The summed E-state index contributed by atoms with van der Waals surface area (Å²) < 4.78 is 0. The molecule has 1 heterocycles. The minimum Gasteiger partial charge on any atom is -0.393 e. The second-order valence-corrected chi connectivity index (χ2v) is 7.95. The molecule has 3 aliphatic rings. The zero-order valence-electron chi connectivity index (χ0n) is 12.8. The van der Waals surface area contributed by atoms with Crippen molar-refractivity contribution >= 4 is 0 Å².